The van der Waals surface area contributed by atoms with Crippen molar-refractivity contribution in [3.63, 3.8) is 0 Å². The lowest BCUT2D eigenvalue weighted by Crippen LogP contribution is -2.32. The monoisotopic (exact) mass is 261 g/mol. The van der Waals surface area contributed by atoms with Crippen LogP contribution in [0.1, 0.15) is 26.0 Å². The second-order valence-corrected chi connectivity index (χ2v) is 4.96. The van der Waals surface area contributed by atoms with Crippen LogP contribution in [0.5, 0.6) is 0 Å². The summed E-state index contributed by atoms with van der Waals surface area (Å²) in [4.78, 5) is 12.8. The minimum atomic E-state index is -0.768. The highest BCUT2D eigenvalue weighted by Crippen LogP contribution is 2.20. The molecule has 4 heteroatoms. The molecular formula is C15H19NO3. The Morgan fingerprint density at radius 3 is 2.74 bits per heavy atom. The Morgan fingerprint density at radius 1 is 1.37 bits per heavy atom. The summed E-state index contributed by atoms with van der Waals surface area (Å²) in [5.74, 6) is 0.107. The van der Waals surface area contributed by atoms with Crippen LogP contribution in [0.25, 0.3) is 11.0 Å². The lowest BCUT2D eigenvalue weighted by atomic mass is 10.2. The fourth-order valence-corrected chi connectivity index (χ4v) is 2.07. The maximum atomic E-state index is 10.7. The molecule has 19 heavy (non-hydrogen) atoms. The van der Waals surface area contributed by atoms with Gasteiger partial charge in [0.2, 0.25) is 0 Å². The van der Waals surface area contributed by atoms with E-state index in [9.17, 15) is 4.79 Å². The molecule has 0 aliphatic rings. The van der Waals surface area contributed by atoms with Crippen molar-refractivity contribution in [1.29, 1.82) is 0 Å². The van der Waals surface area contributed by atoms with E-state index in [-0.39, 0.29) is 12.5 Å². The molecule has 2 rings (SSSR count). The molecule has 0 unspecified atom stereocenters. The van der Waals surface area contributed by atoms with Gasteiger partial charge in [-0.05, 0) is 26.0 Å². The first kappa shape index (κ1) is 13.6. The Labute approximate surface area is 112 Å². The number of aliphatic carboxylic acids is 1. The summed E-state index contributed by atoms with van der Waals surface area (Å²) < 4.78 is 5.77. The zero-order valence-corrected chi connectivity index (χ0v) is 11.3. The van der Waals surface area contributed by atoms with Gasteiger partial charge in [-0.25, -0.2) is 0 Å². The summed E-state index contributed by atoms with van der Waals surface area (Å²) in [7, 11) is 0. The van der Waals surface area contributed by atoms with Crippen molar-refractivity contribution in [2.24, 2.45) is 0 Å². The van der Waals surface area contributed by atoms with E-state index in [2.05, 4.69) is 18.7 Å². The molecule has 2 aromatic rings. The summed E-state index contributed by atoms with van der Waals surface area (Å²) in [6.45, 7) is 5.29. The van der Waals surface area contributed by atoms with E-state index in [1.54, 1.807) is 0 Å². The Balaban J connectivity index is 2.09. The second kappa shape index (κ2) is 5.89. The number of nitrogens with zero attached hydrogens (tertiary/aromatic N) is 1. The number of furan rings is 1. The number of hydrogen-bond donors (Lipinski definition) is 1. The number of carboxylic acids is 1. The maximum Gasteiger partial charge on any atom is 0.304 e. The fraction of sp³-hybridized carbons (Fsp3) is 0.400. The van der Waals surface area contributed by atoms with Crippen molar-refractivity contribution in [3.05, 3.63) is 36.1 Å². The second-order valence-electron chi connectivity index (χ2n) is 4.96. The van der Waals surface area contributed by atoms with Crippen LogP contribution in [0, 0.1) is 0 Å². The normalized spacial score (nSPS) is 11.6. The van der Waals surface area contributed by atoms with E-state index in [1.807, 2.05) is 30.3 Å². The quantitative estimate of drug-likeness (QED) is 0.868. The standard InChI is InChI=1S/C15H19NO3/c1-11(2)16(8-7-15(17)18)10-13-9-12-5-3-4-6-14(12)19-13/h3-6,9,11H,7-8,10H2,1-2H3,(H,17,18). The van der Waals surface area contributed by atoms with E-state index in [0.717, 1.165) is 16.7 Å². The van der Waals surface area contributed by atoms with E-state index in [0.29, 0.717) is 13.1 Å². The molecule has 1 aromatic heterocycles. The first-order chi connectivity index (χ1) is 9.06. The van der Waals surface area contributed by atoms with Gasteiger partial charge < -0.3 is 9.52 Å². The van der Waals surface area contributed by atoms with Gasteiger partial charge in [0.1, 0.15) is 11.3 Å². The molecule has 102 valence electrons. The van der Waals surface area contributed by atoms with E-state index in [1.165, 1.54) is 0 Å². The first-order valence-corrected chi connectivity index (χ1v) is 6.49. The number of carboxylic acid groups (broad SMARTS) is 1. The van der Waals surface area contributed by atoms with Crippen LogP contribution in [-0.4, -0.2) is 28.6 Å². The van der Waals surface area contributed by atoms with Crippen molar-refractivity contribution in [1.82, 2.24) is 4.90 Å². The molecule has 0 saturated heterocycles. The van der Waals surface area contributed by atoms with Gasteiger partial charge in [-0.3, -0.25) is 9.69 Å². The van der Waals surface area contributed by atoms with E-state index in [4.69, 9.17) is 9.52 Å². The van der Waals surface area contributed by atoms with Crippen LogP contribution in [0.4, 0.5) is 0 Å². The van der Waals surface area contributed by atoms with Crippen LogP contribution < -0.4 is 0 Å². The lowest BCUT2D eigenvalue weighted by Gasteiger charge is -2.24. The Kier molecular flexibility index (Phi) is 4.22. The largest absolute Gasteiger partial charge is 0.481 e. The molecule has 1 aromatic carbocycles. The van der Waals surface area contributed by atoms with E-state index < -0.39 is 5.97 Å². The molecule has 0 spiro atoms. The Morgan fingerprint density at radius 2 is 2.11 bits per heavy atom. The Bertz CT molecular complexity index is 526. The highest BCUT2D eigenvalue weighted by Gasteiger charge is 2.14. The summed E-state index contributed by atoms with van der Waals surface area (Å²) in [6.07, 6.45) is 0.151. The van der Waals surface area contributed by atoms with Gasteiger partial charge in [-0.1, -0.05) is 18.2 Å². The number of hydrogen-bond acceptors (Lipinski definition) is 3. The summed E-state index contributed by atoms with van der Waals surface area (Å²) in [5.41, 5.74) is 0.874. The van der Waals surface area contributed by atoms with Crippen molar-refractivity contribution in [3.8, 4) is 0 Å². The molecular weight excluding hydrogens is 242 g/mol. The number of carbonyl (C=O) groups is 1. The third-order valence-corrected chi connectivity index (χ3v) is 3.18. The average molecular weight is 261 g/mol. The van der Waals surface area contributed by atoms with Crippen LogP contribution >= 0.6 is 0 Å². The average Bonchev–Trinajstić information content (AvgIpc) is 2.76. The van der Waals surface area contributed by atoms with Crippen molar-refractivity contribution < 1.29 is 14.3 Å². The van der Waals surface area contributed by atoms with Gasteiger partial charge in [-0.2, -0.15) is 0 Å². The van der Waals surface area contributed by atoms with Gasteiger partial charge in [-0.15, -0.1) is 0 Å². The van der Waals surface area contributed by atoms with Crippen LogP contribution in [0.2, 0.25) is 0 Å². The molecule has 0 radical (unpaired) electrons. The van der Waals surface area contributed by atoms with Gasteiger partial charge in [0.25, 0.3) is 0 Å². The SMILES string of the molecule is CC(C)N(CCC(=O)O)Cc1cc2ccccc2o1. The number of para-hydroxylation sites is 1. The third kappa shape index (κ3) is 3.58. The number of benzene rings is 1. The molecule has 0 fully saturated rings. The van der Waals surface area contributed by atoms with Crippen molar-refractivity contribution >= 4 is 16.9 Å². The van der Waals surface area contributed by atoms with Gasteiger partial charge >= 0.3 is 5.97 Å². The van der Waals surface area contributed by atoms with Gasteiger partial charge in [0.05, 0.1) is 13.0 Å². The fourth-order valence-electron chi connectivity index (χ4n) is 2.07. The minimum absolute atomic E-state index is 0.151. The van der Waals surface area contributed by atoms with E-state index >= 15 is 0 Å². The topological polar surface area (TPSA) is 53.7 Å². The smallest absolute Gasteiger partial charge is 0.304 e. The lowest BCUT2D eigenvalue weighted by molar-refractivity contribution is -0.137. The molecule has 0 saturated carbocycles. The molecule has 0 aliphatic carbocycles. The highest BCUT2D eigenvalue weighted by atomic mass is 16.4. The third-order valence-electron chi connectivity index (χ3n) is 3.18. The molecule has 4 nitrogen and oxygen atoms in total. The number of fused-ring (bicyclic) bond motifs is 1. The molecule has 0 amide bonds. The molecule has 0 atom stereocenters. The zero-order valence-electron chi connectivity index (χ0n) is 11.3. The van der Waals surface area contributed by atoms with Crippen LogP contribution in [0.3, 0.4) is 0 Å². The van der Waals surface area contributed by atoms with Gasteiger partial charge in [0, 0.05) is 18.0 Å². The molecule has 0 bridgehead atoms. The van der Waals surface area contributed by atoms with Gasteiger partial charge in [0.15, 0.2) is 0 Å². The highest BCUT2D eigenvalue weighted by molar-refractivity contribution is 5.77. The maximum absolute atomic E-state index is 10.7. The number of rotatable bonds is 6. The predicted molar refractivity (Wildman–Crippen MR) is 74.0 cm³/mol. The Hall–Kier alpha value is -1.81. The van der Waals surface area contributed by atoms with Crippen LogP contribution in [0.15, 0.2) is 34.7 Å². The first-order valence-electron chi connectivity index (χ1n) is 6.49. The van der Waals surface area contributed by atoms with Crippen molar-refractivity contribution in [2.75, 3.05) is 6.54 Å². The summed E-state index contributed by atoms with van der Waals surface area (Å²) >= 11 is 0. The minimum Gasteiger partial charge on any atom is -0.481 e. The predicted octanol–water partition coefficient (Wildman–Crippen LogP) is 3.12. The molecule has 1 N–H and O–H groups in total. The zero-order chi connectivity index (χ0) is 13.8. The summed E-state index contributed by atoms with van der Waals surface area (Å²) in [5, 5.41) is 9.86. The van der Waals surface area contributed by atoms with Crippen LogP contribution in [-0.2, 0) is 11.3 Å². The molecule has 0 aliphatic heterocycles. The molecule has 1 heterocycles. The van der Waals surface area contributed by atoms with Crippen molar-refractivity contribution in [2.45, 2.75) is 32.9 Å². The summed E-state index contributed by atoms with van der Waals surface area (Å²) in [6, 6.07) is 10.2.